The molecule has 0 radical (unpaired) electrons. The van der Waals surface area contributed by atoms with Gasteiger partial charge in [0.2, 0.25) is 0 Å². The summed E-state index contributed by atoms with van der Waals surface area (Å²) >= 11 is 5.62. The van der Waals surface area contributed by atoms with Gasteiger partial charge in [0.1, 0.15) is 5.60 Å². The molecule has 0 bridgehead atoms. The van der Waals surface area contributed by atoms with Crippen molar-refractivity contribution in [3.63, 3.8) is 0 Å². The minimum absolute atomic E-state index is 0.0460. The van der Waals surface area contributed by atoms with Crippen molar-refractivity contribution < 1.29 is 4.74 Å². The topological polar surface area (TPSA) is 35.2 Å². The van der Waals surface area contributed by atoms with E-state index in [1.807, 2.05) is 42.5 Å². The molecule has 0 aromatic heterocycles. The maximum Gasteiger partial charge on any atom is 0.119 e. The van der Waals surface area contributed by atoms with Crippen molar-refractivity contribution in [2.75, 3.05) is 7.11 Å². The minimum atomic E-state index is -0.553. The van der Waals surface area contributed by atoms with E-state index in [9.17, 15) is 0 Å². The van der Waals surface area contributed by atoms with Crippen LogP contribution in [0.15, 0.2) is 72.3 Å². The van der Waals surface area contributed by atoms with Gasteiger partial charge in [-0.2, -0.15) is 0 Å². The van der Waals surface area contributed by atoms with Crippen LogP contribution in [0.3, 0.4) is 0 Å². The van der Waals surface area contributed by atoms with Gasteiger partial charge < -0.3 is 10.5 Å². The van der Waals surface area contributed by atoms with Crippen LogP contribution in [0.5, 0.6) is 0 Å². The van der Waals surface area contributed by atoms with E-state index >= 15 is 0 Å². The van der Waals surface area contributed by atoms with Gasteiger partial charge in [-0.25, -0.2) is 0 Å². The van der Waals surface area contributed by atoms with Crippen LogP contribution in [0, 0.1) is 0 Å². The quantitative estimate of drug-likeness (QED) is 0.820. The predicted octanol–water partition coefficient (Wildman–Crippen LogP) is 4.44. The first-order valence-corrected chi connectivity index (χ1v) is 7.83. The Morgan fingerprint density at radius 2 is 1.55 bits per heavy atom. The summed E-state index contributed by atoms with van der Waals surface area (Å²) in [5, 5.41) is 0. The van der Waals surface area contributed by atoms with Crippen molar-refractivity contribution in [3.05, 3.63) is 83.4 Å². The summed E-state index contributed by atoms with van der Waals surface area (Å²) in [6.07, 6.45) is 3.27. The SMILES string of the molecule is COC(CC(N)C/C=C/Cl)(c1ccccc1)c1ccccc1. The van der Waals surface area contributed by atoms with Gasteiger partial charge in [0.05, 0.1) is 0 Å². The van der Waals surface area contributed by atoms with Crippen LogP contribution in [0.2, 0.25) is 0 Å². The number of ether oxygens (including phenoxy) is 1. The predicted molar refractivity (Wildman–Crippen MR) is 92.9 cm³/mol. The molecule has 0 amide bonds. The summed E-state index contributed by atoms with van der Waals surface area (Å²) in [4.78, 5) is 0. The zero-order valence-electron chi connectivity index (χ0n) is 12.8. The van der Waals surface area contributed by atoms with Crippen LogP contribution >= 0.6 is 11.6 Å². The highest BCUT2D eigenvalue weighted by molar-refractivity contribution is 6.25. The fraction of sp³-hybridized carbons (Fsp3) is 0.263. The summed E-state index contributed by atoms with van der Waals surface area (Å²) in [5.74, 6) is 0. The molecule has 2 rings (SSSR count). The van der Waals surface area contributed by atoms with Crippen molar-refractivity contribution in [3.8, 4) is 0 Å². The molecule has 2 nitrogen and oxygen atoms in total. The summed E-state index contributed by atoms with van der Waals surface area (Å²) in [6, 6.07) is 20.4. The molecule has 2 N–H and O–H groups in total. The molecule has 0 aliphatic carbocycles. The number of halogens is 1. The average molecular weight is 316 g/mol. The maximum atomic E-state index is 6.31. The van der Waals surface area contributed by atoms with Gasteiger partial charge in [-0.3, -0.25) is 0 Å². The van der Waals surface area contributed by atoms with Gasteiger partial charge in [0.15, 0.2) is 0 Å². The molecule has 0 saturated heterocycles. The number of rotatable bonds is 7. The molecule has 1 unspecified atom stereocenters. The Balaban J connectivity index is 2.43. The highest BCUT2D eigenvalue weighted by Crippen LogP contribution is 2.37. The van der Waals surface area contributed by atoms with Crippen LogP contribution in [0.1, 0.15) is 24.0 Å². The van der Waals surface area contributed by atoms with Gasteiger partial charge in [0.25, 0.3) is 0 Å². The summed E-state index contributed by atoms with van der Waals surface area (Å²) in [6.45, 7) is 0. The van der Waals surface area contributed by atoms with Crippen molar-refractivity contribution in [2.24, 2.45) is 5.73 Å². The fourth-order valence-corrected chi connectivity index (χ4v) is 2.92. The summed E-state index contributed by atoms with van der Waals surface area (Å²) in [7, 11) is 1.74. The van der Waals surface area contributed by atoms with Gasteiger partial charge >= 0.3 is 0 Å². The maximum absolute atomic E-state index is 6.31. The number of benzene rings is 2. The van der Waals surface area contributed by atoms with Crippen molar-refractivity contribution in [2.45, 2.75) is 24.5 Å². The van der Waals surface area contributed by atoms with Crippen LogP contribution in [-0.4, -0.2) is 13.2 Å². The zero-order valence-corrected chi connectivity index (χ0v) is 13.5. The van der Waals surface area contributed by atoms with Gasteiger partial charge in [-0.05, 0) is 17.5 Å². The number of hydrogen-bond donors (Lipinski definition) is 1. The molecule has 22 heavy (non-hydrogen) atoms. The first-order chi connectivity index (χ1) is 10.7. The second-order valence-corrected chi connectivity index (χ2v) is 5.58. The Bertz CT molecular complexity index is 543. The third kappa shape index (κ3) is 3.77. The largest absolute Gasteiger partial charge is 0.369 e. The minimum Gasteiger partial charge on any atom is -0.369 e. The van der Waals surface area contributed by atoms with E-state index in [4.69, 9.17) is 22.1 Å². The van der Waals surface area contributed by atoms with Crippen LogP contribution in [0.4, 0.5) is 0 Å². The van der Waals surface area contributed by atoms with Gasteiger partial charge in [-0.15, -0.1) is 0 Å². The Labute approximate surface area is 137 Å². The lowest BCUT2D eigenvalue weighted by Gasteiger charge is -2.35. The standard InChI is InChI=1S/C19H22ClNO/c1-22-19(15-18(21)13-8-14-20,16-9-4-2-5-10-16)17-11-6-3-7-12-17/h2-12,14,18H,13,15,21H2,1H3/b14-8+. The number of methoxy groups -OCH3 is 1. The normalized spacial score (nSPS) is 13.4. The highest BCUT2D eigenvalue weighted by atomic mass is 35.5. The highest BCUT2D eigenvalue weighted by Gasteiger charge is 2.35. The molecule has 0 aliphatic heterocycles. The monoisotopic (exact) mass is 315 g/mol. The van der Waals surface area contributed by atoms with Gasteiger partial charge in [-0.1, -0.05) is 78.3 Å². The lowest BCUT2D eigenvalue weighted by molar-refractivity contribution is 0.00912. The van der Waals surface area contributed by atoms with Crippen LogP contribution < -0.4 is 5.73 Å². The fourth-order valence-electron chi connectivity index (χ4n) is 2.81. The molecule has 116 valence electrons. The van der Waals surface area contributed by atoms with Crippen molar-refractivity contribution in [1.82, 2.24) is 0 Å². The van der Waals surface area contributed by atoms with Crippen molar-refractivity contribution >= 4 is 11.6 Å². The Morgan fingerprint density at radius 1 is 1.05 bits per heavy atom. The third-order valence-electron chi connectivity index (χ3n) is 3.91. The molecule has 0 fully saturated rings. The van der Waals surface area contributed by atoms with E-state index in [0.29, 0.717) is 12.8 Å². The lowest BCUT2D eigenvalue weighted by atomic mass is 9.80. The van der Waals surface area contributed by atoms with E-state index in [0.717, 1.165) is 11.1 Å². The molecule has 3 heteroatoms. The second-order valence-electron chi connectivity index (χ2n) is 5.32. The van der Waals surface area contributed by atoms with Crippen molar-refractivity contribution in [1.29, 1.82) is 0 Å². The molecular weight excluding hydrogens is 294 g/mol. The van der Waals surface area contributed by atoms with Crippen LogP contribution in [-0.2, 0) is 10.3 Å². The molecule has 0 aliphatic rings. The molecule has 0 heterocycles. The zero-order chi connectivity index (χ0) is 15.8. The molecule has 0 spiro atoms. The number of nitrogens with two attached hydrogens (primary N) is 1. The Morgan fingerprint density at radius 3 is 1.95 bits per heavy atom. The van der Waals surface area contributed by atoms with Gasteiger partial charge in [0, 0.05) is 25.1 Å². The third-order valence-corrected chi connectivity index (χ3v) is 4.08. The van der Waals surface area contributed by atoms with E-state index in [-0.39, 0.29) is 6.04 Å². The first-order valence-electron chi connectivity index (χ1n) is 7.40. The molecular formula is C19H22ClNO. The summed E-state index contributed by atoms with van der Waals surface area (Å²) in [5.41, 5.74) is 9.48. The lowest BCUT2D eigenvalue weighted by Crippen LogP contribution is -2.37. The average Bonchev–Trinajstić information content (AvgIpc) is 2.59. The Hall–Kier alpha value is -1.61. The number of hydrogen-bond acceptors (Lipinski definition) is 2. The Kier molecular flexibility index (Phi) is 6.20. The van der Waals surface area contributed by atoms with Crippen LogP contribution in [0.25, 0.3) is 0 Å². The van der Waals surface area contributed by atoms with E-state index in [1.54, 1.807) is 7.11 Å². The molecule has 2 aromatic rings. The summed E-state index contributed by atoms with van der Waals surface area (Å²) < 4.78 is 6.02. The first kappa shape index (κ1) is 16.8. The molecule has 0 saturated carbocycles. The van der Waals surface area contributed by atoms with E-state index < -0.39 is 5.60 Å². The van der Waals surface area contributed by atoms with E-state index in [2.05, 4.69) is 24.3 Å². The molecule has 2 aromatic carbocycles. The van der Waals surface area contributed by atoms with E-state index in [1.165, 1.54) is 5.54 Å². The molecule has 1 atom stereocenters. The second kappa shape index (κ2) is 8.14. The smallest absolute Gasteiger partial charge is 0.119 e.